The summed E-state index contributed by atoms with van der Waals surface area (Å²) in [5.74, 6) is -1.94. The molecule has 2 heterocycles. The Labute approximate surface area is 469 Å². The standard InChI is InChI=1S/C17H21FN3O3P.C12H22N4O5.C8H14N2O.C8H18N2O.CH4O.CH2O.2Pb/c18-14-5-1-12(2-6-14)10-21-17(25(22)23)13-3-7-16(8-4-13)24-11-15(20)9-19;1-2-13-7-14(3-4-17)9-16(6-12(20)21)10-15(8-13)5-11(18)19;1-9(2)7-8(11)10-5-3-4-6-10;1-9-6-4-2-3-5-7-10-8-11;2*1-2;;/h1-9,17,21-23H,10-11,19-20H2;4H,2-3,5-10H2,1H3,(H,18,19)(H,20,21);1-7H2;8-9H,2-7H2,1H3,(H,10,11);2H,1H3;1H2;;/b15-9-;;;;;;;. The van der Waals surface area contributed by atoms with Gasteiger partial charge in [-0.3, -0.25) is 39.3 Å². The average molecular weight is 1460 g/mol. The van der Waals surface area contributed by atoms with E-state index in [0.29, 0.717) is 62.6 Å². The molecule has 2 aliphatic heterocycles. The van der Waals surface area contributed by atoms with Gasteiger partial charge in [0.2, 0.25) is 6.41 Å². The van der Waals surface area contributed by atoms with Gasteiger partial charge in [-0.25, -0.2) is 4.39 Å². The number of hydrogen-bond acceptors (Lipinski definition) is 19. The molecule has 1 unspecified atom stereocenters. The topological polar surface area (TPSA) is 320 Å². The van der Waals surface area contributed by atoms with Gasteiger partial charge in [0.05, 0.1) is 52.0 Å². The summed E-state index contributed by atoms with van der Waals surface area (Å²) >= 11 is 2.36. The molecule has 27 heteroatoms. The first-order valence-corrected chi connectivity index (χ1v) is 30.6. The van der Waals surface area contributed by atoms with E-state index in [1.807, 2.05) is 35.5 Å². The number of carboxylic acids is 2. The molecular formula is C47H81FN11O12PPb2. The van der Waals surface area contributed by atoms with E-state index in [9.17, 15) is 38.1 Å². The third-order valence-corrected chi connectivity index (χ3v) is 14.8. The minimum absolute atomic E-state index is 0.152. The molecule has 416 valence electrons. The van der Waals surface area contributed by atoms with E-state index >= 15 is 0 Å². The molecule has 2 amide bonds. The molecule has 74 heavy (non-hydrogen) atoms. The predicted octanol–water partition coefficient (Wildman–Crippen LogP) is -0.427. The first kappa shape index (κ1) is 72.7. The van der Waals surface area contributed by atoms with Gasteiger partial charge in [-0.2, -0.15) is 0 Å². The summed E-state index contributed by atoms with van der Waals surface area (Å²) in [7, 11) is 0.721. The molecular weight excluding hydrogens is 1370 g/mol. The van der Waals surface area contributed by atoms with Gasteiger partial charge in [-0.15, -0.1) is 0 Å². The zero-order valence-electron chi connectivity index (χ0n) is 43.2. The van der Waals surface area contributed by atoms with E-state index < -0.39 is 26.1 Å². The van der Waals surface area contributed by atoms with E-state index in [1.165, 1.54) is 102 Å². The summed E-state index contributed by atoms with van der Waals surface area (Å²) in [5, 5.41) is 33.7. The van der Waals surface area contributed by atoms with Gasteiger partial charge in [0, 0.05) is 26.4 Å². The molecule has 2 aromatic rings. The summed E-state index contributed by atoms with van der Waals surface area (Å²) in [6, 6.07) is 12.9. The van der Waals surface area contributed by atoms with Crippen LogP contribution in [0.15, 0.2) is 60.4 Å². The summed E-state index contributed by atoms with van der Waals surface area (Å²) in [6.45, 7) is 11.1. The SMILES string of the molecule is C=O.CCN1CN(CC=O)CN(CC(=O)O)CN(CC(=O)O)C1.CNCCCCCCNC=O.CO.N/C=C(\N)COc1ccc(C(NCc2ccc(F)cc2)P(O)O)cc1.O=C(CN([CH2][Pb])[CH2][Pb])N1CCCC1. The Morgan fingerprint density at radius 2 is 1.38 bits per heavy atom. The second-order valence-electron chi connectivity index (χ2n) is 16.2. The van der Waals surface area contributed by atoms with Crippen LogP contribution in [0.5, 0.6) is 5.75 Å². The molecule has 2 aromatic carbocycles. The zero-order valence-corrected chi connectivity index (χ0v) is 51.8. The van der Waals surface area contributed by atoms with Crippen LogP contribution in [-0.2, 0) is 35.3 Å². The number of ether oxygens (including phenoxy) is 1. The molecule has 2 saturated heterocycles. The fourth-order valence-corrected chi connectivity index (χ4v) is 12.6. The number of hydrogen-bond donors (Lipinski definition) is 10. The second-order valence-corrected chi connectivity index (χ2v) is 19.8. The molecule has 0 spiro atoms. The van der Waals surface area contributed by atoms with Gasteiger partial charge in [0.15, 0.2) is 8.38 Å². The Morgan fingerprint density at radius 1 is 0.851 bits per heavy atom. The van der Waals surface area contributed by atoms with E-state index in [0.717, 1.165) is 66.2 Å². The summed E-state index contributed by atoms with van der Waals surface area (Å²) < 4.78 is 20.7. The van der Waals surface area contributed by atoms with Crippen molar-refractivity contribution in [3.8, 4) is 5.75 Å². The van der Waals surface area contributed by atoms with Crippen LogP contribution in [0.3, 0.4) is 0 Å². The van der Waals surface area contributed by atoms with E-state index in [4.69, 9.17) is 36.3 Å². The van der Waals surface area contributed by atoms with Crippen molar-refractivity contribution in [3.05, 3.63) is 77.4 Å². The number of halogens is 1. The van der Waals surface area contributed by atoms with Crippen molar-refractivity contribution < 1.29 is 63.0 Å². The van der Waals surface area contributed by atoms with Gasteiger partial charge < -0.3 is 61.5 Å². The quantitative estimate of drug-likeness (QED) is 0.0235. The Balaban J connectivity index is 0. The van der Waals surface area contributed by atoms with E-state index in [1.54, 1.807) is 46.2 Å². The second kappa shape index (κ2) is 48.0. The molecule has 0 aromatic heterocycles. The van der Waals surface area contributed by atoms with Crippen molar-refractivity contribution in [1.29, 1.82) is 0 Å². The number of carbonyl (C=O) groups excluding carboxylic acids is 4. The average Bonchev–Trinajstić information content (AvgIpc) is 3.94. The van der Waals surface area contributed by atoms with Crippen molar-refractivity contribution >= 4 is 97.2 Å². The molecule has 6 radical (unpaired) electrons. The molecule has 23 nitrogen and oxygen atoms in total. The summed E-state index contributed by atoms with van der Waals surface area (Å²) in [4.78, 5) is 92.9. The monoisotopic (exact) mass is 1460 g/mol. The fourth-order valence-electron chi connectivity index (χ4n) is 6.79. The summed E-state index contributed by atoms with van der Waals surface area (Å²) in [6.07, 6.45) is 10.0. The molecule has 0 saturated carbocycles. The van der Waals surface area contributed by atoms with Gasteiger partial charge in [-0.1, -0.05) is 44.0 Å². The number of unbranched alkanes of at least 4 members (excludes halogenated alkanes) is 3. The number of nitrogens with two attached hydrogens (primary N) is 2. The Morgan fingerprint density at radius 3 is 1.85 bits per heavy atom. The number of aldehydes is 1. The normalized spacial score (nSPS) is 14.6. The van der Waals surface area contributed by atoms with E-state index in [2.05, 4.69) is 20.9 Å². The van der Waals surface area contributed by atoms with Crippen molar-refractivity contribution in [3.63, 3.8) is 0 Å². The number of carbonyl (C=O) groups is 6. The third kappa shape index (κ3) is 36.6. The molecule has 12 N–H and O–H groups in total. The summed E-state index contributed by atoms with van der Waals surface area (Å²) in [5.41, 5.74) is 12.8. The van der Waals surface area contributed by atoms with Gasteiger partial charge in [0.25, 0.3) is 0 Å². The first-order chi connectivity index (χ1) is 35.6. The first-order valence-electron chi connectivity index (χ1n) is 23.8. The Hall–Kier alpha value is -3.40. The number of amides is 2. The van der Waals surface area contributed by atoms with E-state index in [-0.39, 0.29) is 38.7 Å². The van der Waals surface area contributed by atoms with Crippen molar-refractivity contribution in [1.82, 2.24) is 45.3 Å². The predicted molar refractivity (Wildman–Crippen MR) is 285 cm³/mol. The van der Waals surface area contributed by atoms with Crippen LogP contribution in [0.1, 0.15) is 62.4 Å². The van der Waals surface area contributed by atoms with Crippen LogP contribution in [0.25, 0.3) is 0 Å². The molecule has 0 bridgehead atoms. The molecule has 4 rings (SSSR count). The number of nitrogens with zero attached hydrogens (tertiary/aromatic N) is 6. The minimum atomic E-state index is -2.24. The van der Waals surface area contributed by atoms with Crippen LogP contribution in [-0.4, -0.2) is 258 Å². The molecule has 2 fully saturated rings. The van der Waals surface area contributed by atoms with Crippen molar-refractivity contribution in [2.45, 2.75) is 57.8 Å². The van der Waals surface area contributed by atoms with Crippen LogP contribution in [0, 0.1) is 5.82 Å². The van der Waals surface area contributed by atoms with Crippen molar-refractivity contribution in [2.75, 3.05) is 115 Å². The molecule has 1 atom stereocenters. The maximum atomic E-state index is 12.9. The van der Waals surface area contributed by atoms with Crippen LogP contribution >= 0.6 is 8.38 Å². The number of aliphatic hydroxyl groups is 1. The van der Waals surface area contributed by atoms with Gasteiger partial charge in [0.1, 0.15) is 37.0 Å². The molecule has 0 aliphatic carbocycles. The number of rotatable bonds is 27. The number of aliphatic hydroxyl groups excluding tert-OH is 1. The third-order valence-electron chi connectivity index (χ3n) is 10.4. The van der Waals surface area contributed by atoms with Crippen molar-refractivity contribution in [2.24, 2.45) is 11.5 Å². The molecule has 2 aliphatic rings. The number of likely N-dealkylation sites (tertiary alicyclic amines) is 1. The number of nitrogens with one attached hydrogen (secondary N) is 3. The van der Waals surface area contributed by atoms with Crippen LogP contribution < -0.4 is 32.2 Å². The zero-order chi connectivity index (χ0) is 56.1. The maximum absolute atomic E-state index is 12.9. The number of benzene rings is 2. The van der Waals surface area contributed by atoms with Crippen LogP contribution in [0.2, 0.25) is 0 Å². The number of carboxylic acid groups (broad SMARTS) is 2. The van der Waals surface area contributed by atoms with Gasteiger partial charge in [-0.05, 0) is 68.4 Å². The van der Waals surface area contributed by atoms with Crippen LogP contribution in [0.4, 0.5) is 4.39 Å². The Kier molecular flexibility index (Phi) is 47.2. The van der Waals surface area contributed by atoms with Gasteiger partial charge >= 0.3 is 125 Å². The Bertz CT molecular complexity index is 1800. The number of aliphatic carboxylic acids is 2. The fraction of sp³-hybridized carbons (Fsp3) is 0.574.